The second-order valence-electron chi connectivity index (χ2n) is 4.74. The summed E-state index contributed by atoms with van der Waals surface area (Å²) in [5, 5.41) is 3.51. The second-order valence-corrected chi connectivity index (χ2v) is 4.74. The van der Waals surface area contributed by atoms with Gasteiger partial charge in [-0.05, 0) is 38.6 Å². The molecule has 0 aromatic heterocycles. The van der Waals surface area contributed by atoms with Crippen LogP contribution in [0.3, 0.4) is 0 Å². The van der Waals surface area contributed by atoms with Crippen molar-refractivity contribution in [1.82, 2.24) is 5.32 Å². The van der Waals surface area contributed by atoms with Gasteiger partial charge < -0.3 is 14.8 Å². The van der Waals surface area contributed by atoms with E-state index >= 15 is 0 Å². The molecule has 2 heterocycles. The van der Waals surface area contributed by atoms with Gasteiger partial charge in [-0.15, -0.1) is 0 Å². The monoisotopic (exact) mass is 213 g/mol. The maximum absolute atomic E-state index is 5.67. The quantitative estimate of drug-likeness (QED) is 0.679. The van der Waals surface area contributed by atoms with Crippen molar-refractivity contribution >= 4 is 0 Å². The zero-order chi connectivity index (χ0) is 10.3. The number of hydrogen-bond donors (Lipinski definition) is 1. The van der Waals surface area contributed by atoms with Crippen molar-refractivity contribution in [2.75, 3.05) is 33.0 Å². The molecule has 2 rings (SSSR count). The molecule has 2 fully saturated rings. The lowest BCUT2D eigenvalue weighted by molar-refractivity contribution is 0.0863. The Hall–Kier alpha value is -0.120. The van der Waals surface area contributed by atoms with Crippen LogP contribution in [0.15, 0.2) is 0 Å². The van der Waals surface area contributed by atoms with E-state index in [0.29, 0.717) is 5.92 Å². The lowest BCUT2D eigenvalue weighted by Crippen LogP contribution is -2.21. The first-order chi connectivity index (χ1) is 7.45. The summed E-state index contributed by atoms with van der Waals surface area (Å²) in [4.78, 5) is 0. The molecule has 0 bridgehead atoms. The first-order valence-corrected chi connectivity index (χ1v) is 6.34. The second kappa shape index (κ2) is 6.46. The van der Waals surface area contributed by atoms with Crippen molar-refractivity contribution in [1.29, 1.82) is 0 Å². The van der Waals surface area contributed by atoms with Gasteiger partial charge in [-0.25, -0.2) is 0 Å². The van der Waals surface area contributed by atoms with Crippen molar-refractivity contribution in [3.8, 4) is 0 Å². The smallest absolute Gasteiger partial charge is 0.0517 e. The summed E-state index contributed by atoms with van der Waals surface area (Å²) in [6.45, 7) is 4.88. The molecule has 2 saturated heterocycles. The van der Waals surface area contributed by atoms with Gasteiger partial charge in [0.05, 0.1) is 13.2 Å². The minimum Gasteiger partial charge on any atom is -0.381 e. The Bertz CT molecular complexity index is 145. The van der Waals surface area contributed by atoms with E-state index in [0.717, 1.165) is 32.5 Å². The maximum atomic E-state index is 5.67. The molecule has 3 heteroatoms. The molecule has 1 N–H and O–H groups in total. The summed E-state index contributed by atoms with van der Waals surface area (Å²) in [7, 11) is 0. The first kappa shape index (κ1) is 11.4. The highest BCUT2D eigenvalue weighted by Crippen LogP contribution is 2.13. The SMILES string of the molecule is C1CNC(CCCOCC2CCOC2)C1. The van der Waals surface area contributed by atoms with Gasteiger partial charge in [-0.3, -0.25) is 0 Å². The van der Waals surface area contributed by atoms with Crippen LogP contribution < -0.4 is 5.32 Å². The van der Waals surface area contributed by atoms with Gasteiger partial charge in [-0.2, -0.15) is 0 Å². The van der Waals surface area contributed by atoms with Crippen LogP contribution in [-0.2, 0) is 9.47 Å². The molecule has 0 spiro atoms. The van der Waals surface area contributed by atoms with Gasteiger partial charge in [0.15, 0.2) is 0 Å². The Morgan fingerprint density at radius 1 is 1.33 bits per heavy atom. The molecule has 0 aromatic rings. The topological polar surface area (TPSA) is 30.5 Å². The lowest BCUT2D eigenvalue weighted by Gasteiger charge is -2.11. The molecule has 0 amide bonds. The molecule has 2 atom stereocenters. The molecule has 15 heavy (non-hydrogen) atoms. The van der Waals surface area contributed by atoms with Crippen LogP contribution in [0.5, 0.6) is 0 Å². The van der Waals surface area contributed by atoms with Crippen molar-refractivity contribution in [3.63, 3.8) is 0 Å². The summed E-state index contributed by atoms with van der Waals surface area (Å²) >= 11 is 0. The molecule has 0 aliphatic carbocycles. The number of ether oxygens (including phenoxy) is 2. The van der Waals surface area contributed by atoms with Crippen LogP contribution in [0, 0.1) is 5.92 Å². The van der Waals surface area contributed by atoms with Crippen molar-refractivity contribution in [3.05, 3.63) is 0 Å². The van der Waals surface area contributed by atoms with Gasteiger partial charge in [0, 0.05) is 25.2 Å². The van der Waals surface area contributed by atoms with Crippen LogP contribution in [0.25, 0.3) is 0 Å². The molecule has 88 valence electrons. The minimum absolute atomic E-state index is 0.662. The zero-order valence-corrected chi connectivity index (χ0v) is 9.54. The molecule has 0 radical (unpaired) electrons. The molecule has 0 aromatic carbocycles. The van der Waals surface area contributed by atoms with E-state index < -0.39 is 0 Å². The summed E-state index contributed by atoms with van der Waals surface area (Å²) in [6, 6.07) is 0.767. The number of nitrogens with one attached hydrogen (secondary N) is 1. The highest BCUT2D eigenvalue weighted by Gasteiger charge is 2.16. The number of hydrogen-bond acceptors (Lipinski definition) is 3. The summed E-state index contributed by atoms with van der Waals surface area (Å²) in [6.07, 6.45) is 6.37. The fourth-order valence-corrected chi connectivity index (χ4v) is 2.40. The molecule has 3 nitrogen and oxygen atoms in total. The van der Waals surface area contributed by atoms with Crippen LogP contribution in [0.4, 0.5) is 0 Å². The Kier molecular flexibility index (Phi) is 4.90. The Labute approximate surface area is 92.5 Å². The molecule has 2 aliphatic rings. The first-order valence-electron chi connectivity index (χ1n) is 6.34. The van der Waals surface area contributed by atoms with Crippen LogP contribution >= 0.6 is 0 Å². The molecular weight excluding hydrogens is 190 g/mol. The van der Waals surface area contributed by atoms with Crippen LogP contribution in [-0.4, -0.2) is 39.0 Å². The van der Waals surface area contributed by atoms with E-state index in [9.17, 15) is 0 Å². The van der Waals surface area contributed by atoms with E-state index in [1.807, 2.05) is 0 Å². The third-order valence-electron chi connectivity index (χ3n) is 3.38. The standard InChI is InChI=1S/C12H23NO2/c1-3-12(13-6-1)4-2-7-14-9-11-5-8-15-10-11/h11-13H,1-10H2. The van der Waals surface area contributed by atoms with Gasteiger partial charge in [0.25, 0.3) is 0 Å². The van der Waals surface area contributed by atoms with E-state index in [-0.39, 0.29) is 0 Å². The third kappa shape index (κ3) is 4.09. The van der Waals surface area contributed by atoms with Crippen molar-refractivity contribution < 1.29 is 9.47 Å². The highest BCUT2D eigenvalue weighted by molar-refractivity contribution is 4.73. The van der Waals surface area contributed by atoms with Crippen LogP contribution in [0.1, 0.15) is 32.1 Å². The summed E-state index contributed by atoms with van der Waals surface area (Å²) < 4.78 is 11.0. The Morgan fingerprint density at radius 2 is 2.33 bits per heavy atom. The predicted molar refractivity (Wildman–Crippen MR) is 60.0 cm³/mol. The molecule has 2 aliphatic heterocycles. The largest absolute Gasteiger partial charge is 0.381 e. The fourth-order valence-electron chi connectivity index (χ4n) is 2.40. The summed E-state index contributed by atoms with van der Waals surface area (Å²) in [5.74, 6) is 0.662. The van der Waals surface area contributed by atoms with Crippen molar-refractivity contribution in [2.45, 2.75) is 38.1 Å². The average molecular weight is 213 g/mol. The van der Waals surface area contributed by atoms with E-state index in [1.165, 1.54) is 38.6 Å². The third-order valence-corrected chi connectivity index (χ3v) is 3.38. The predicted octanol–water partition coefficient (Wildman–Crippen LogP) is 1.57. The van der Waals surface area contributed by atoms with Gasteiger partial charge in [-0.1, -0.05) is 0 Å². The van der Waals surface area contributed by atoms with Gasteiger partial charge in [0.1, 0.15) is 0 Å². The molecule has 2 unspecified atom stereocenters. The van der Waals surface area contributed by atoms with Gasteiger partial charge in [0.2, 0.25) is 0 Å². The fraction of sp³-hybridized carbons (Fsp3) is 1.00. The minimum atomic E-state index is 0.662. The van der Waals surface area contributed by atoms with E-state index in [1.54, 1.807) is 0 Å². The zero-order valence-electron chi connectivity index (χ0n) is 9.54. The maximum Gasteiger partial charge on any atom is 0.0517 e. The van der Waals surface area contributed by atoms with Gasteiger partial charge >= 0.3 is 0 Å². The molecular formula is C12H23NO2. The lowest BCUT2D eigenvalue weighted by atomic mass is 10.1. The molecule has 0 saturated carbocycles. The van der Waals surface area contributed by atoms with Crippen molar-refractivity contribution in [2.24, 2.45) is 5.92 Å². The van der Waals surface area contributed by atoms with Crippen LogP contribution in [0.2, 0.25) is 0 Å². The highest BCUT2D eigenvalue weighted by atomic mass is 16.5. The number of rotatable bonds is 6. The average Bonchev–Trinajstić information content (AvgIpc) is 2.88. The van der Waals surface area contributed by atoms with E-state index in [2.05, 4.69) is 5.32 Å². The van der Waals surface area contributed by atoms with E-state index in [4.69, 9.17) is 9.47 Å². The normalized spacial score (nSPS) is 31.2. The Morgan fingerprint density at radius 3 is 3.07 bits per heavy atom. The summed E-state index contributed by atoms with van der Waals surface area (Å²) in [5.41, 5.74) is 0. The Balaban J connectivity index is 1.41.